The number of hydrogen-bond donors (Lipinski definition) is 0. The maximum Gasteiger partial charge on any atom is 0.285 e. The third-order valence-corrected chi connectivity index (χ3v) is 6.69. The van der Waals surface area contributed by atoms with Crippen LogP contribution in [0.3, 0.4) is 0 Å². The average molecular weight is 435 g/mol. The van der Waals surface area contributed by atoms with Crippen molar-refractivity contribution < 1.29 is 23.5 Å². The summed E-state index contributed by atoms with van der Waals surface area (Å²) < 4.78 is 14.3. The number of amides is 2. The Balaban J connectivity index is 2.05. The van der Waals surface area contributed by atoms with Crippen molar-refractivity contribution in [3.63, 3.8) is 0 Å². The molecule has 0 N–H and O–H groups in total. The van der Waals surface area contributed by atoms with E-state index in [0.717, 1.165) is 5.06 Å². The molecule has 0 aliphatic carbocycles. The zero-order valence-corrected chi connectivity index (χ0v) is 19.1. The van der Waals surface area contributed by atoms with E-state index in [0.29, 0.717) is 17.5 Å². The maximum absolute atomic E-state index is 12.5. The van der Waals surface area contributed by atoms with Gasteiger partial charge in [0.2, 0.25) is 0 Å². The van der Waals surface area contributed by atoms with Gasteiger partial charge in [0.05, 0.1) is 36.3 Å². The molecule has 0 spiro atoms. The monoisotopic (exact) mass is 435 g/mol. The minimum atomic E-state index is -1.44. The topological polar surface area (TPSA) is 92.1 Å². The molecule has 1 aliphatic rings. The molecule has 0 fully saturated rings. The molecular weight excluding hydrogens is 405 g/mol. The fourth-order valence-corrected chi connectivity index (χ4v) is 4.86. The maximum atomic E-state index is 12.5. The normalized spacial score (nSPS) is 15.8. The lowest BCUT2D eigenvalue weighted by Crippen LogP contribution is -2.37. The van der Waals surface area contributed by atoms with Gasteiger partial charge in [0.1, 0.15) is 6.61 Å². The third kappa shape index (κ3) is 5.84. The zero-order chi connectivity index (χ0) is 22.3. The summed E-state index contributed by atoms with van der Waals surface area (Å²) in [4.78, 5) is 30.5. The smallest absolute Gasteiger partial charge is 0.285 e. The van der Waals surface area contributed by atoms with E-state index < -0.39 is 20.3 Å². The van der Waals surface area contributed by atoms with E-state index in [-0.39, 0.29) is 37.8 Å². The second-order valence-corrected chi connectivity index (χ2v) is 8.83. The van der Waals surface area contributed by atoms with Crippen molar-refractivity contribution in [2.75, 3.05) is 13.2 Å². The van der Waals surface area contributed by atoms with Gasteiger partial charge in [-0.25, -0.2) is 4.67 Å². The van der Waals surface area contributed by atoms with E-state index in [1.54, 1.807) is 24.3 Å². The summed E-state index contributed by atoms with van der Waals surface area (Å²) in [6.45, 7) is 10.5. The van der Waals surface area contributed by atoms with Crippen molar-refractivity contribution >= 4 is 20.3 Å². The Bertz CT molecular complexity index is 737. The Hall–Kier alpha value is -1.88. The van der Waals surface area contributed by atoms with Crippen LogP contribution >= 0.6 is 8.53 Å². The Labute approximate surface area is 179 Å². The highest BCUT2D eigenvalue weighted by atomic mass is 31.2. The number of imide groups is 1. The van der Waals surface area contributed by atoms with E-state index in [1.165, 1.54) is 0 Å². The Morgan fingerprint density at radius 1 is 1.10 bits per heavy atom. The van der Waals surface area contributed by atoms with E-state index in [2.05, 4.69) is 38.4 Å². The summed E-state index contributed by atoms with van der Waals surface area (Å²) in [5, 5.41) is 9.63. The molecule has 1 aliphatic heterocycles. The molecule has 2 atom stereocenters. The zero-order valence-electron chi connectivity index (χ0n) is 18.2. The summed E-state index contributed by atoms with van der Waals surface area (Å²) in [6.07, 6.45) is 0.491. The standard InChI is InChI=1S/C21H30N3O5P/c1-6-17(29-30(28-13-9-12-22)24(15(2)3)16(4)5)14-27-23-20(25)18-10-7-8-11-19(18)21(23)26/h7-8,10-11,15-17H,6,9,13-14H2,1-5H3. The number of benzene rings is 1. The van der Waals surface area contributed by atoms with E-state index >= 15 is 0 Å². The summed E-state index contributed by atoms with van der Waals surface area (Å²) in [7, 11) is -1.44. The van der Waals surface area contributed by atoms with Crippen molar-refractivity contribution in [3.8, 4) is 6.07 Å². The van der Waals surface area contributed by atoms with Gasteiger partial charge < -0.3 is 9.05 Å². The highest BCUT2D eigenvalue weighted by molar-refractivity contribution is 7.44. The second-order valence-electron chi connectivity index (χ2n) is 7.43. The van der Waals surface area contributed by atoms with Gasteiger partial charge in [0, 0.05) is 12.1 Å². The molecule has 0 radical (unpaired) electrons. The van der Waals surface area contributed by atoms with Crippen LogP contribution in [0.25, 0.3) is 0 Å². The van der Waals surface area contributed by atoms with Gasteiger partial charge in [0.25, 0.3) is 20.3 Å². The average Bonchev–Trinajstić information content (AvgIpc) is 2.95. The van der Waals surface area contributed by atoms with Gasteiger partial charge in [-0.2, -0.15) is 5.26 Å². The first-order valence-corrected chi connectivity index (χ1v) is 11.3. The molecule has 0 aromatic heterocycles. The largest absolute Gasteiger partial charge is 0.321 e. The highest BCUT2D eigenvalue weighted by Crippen LogP contribution is 2.47. The number of carbonyl (C=O) groups is 2. The van der Waals surface area contributed by atoms with Crippen LogP contribution in [0.15, 0.2) is 24.3 Å². The van der Waals surface area contributed by atoms with Crippen molar-refractivity contribution in [2.45, 2.75) is 65.6 Å². The highest BCUT2D eigenvalue weighted by Gasteiger charge is 2.37. The first-order chi connectivity index (χ1) is 14.3. The van der Waals surface area contributed by atoms with Crippen molar-refractivity contribution in [2.24, 2.45) is 0 Å². The summed E-state index contributed by atoms with van der Waals surface area (Å²) >= 11 is 0. The number of hydrogen-bond acceptors (Lipinski definition) is 7. The van der Waals surface area contributed by atoms with Crippen LogP contribution in [0.5, 0.6) is 0 Å². The van der Waals surface area contributed by atoms with Crippen LogP contribution in [-0.2, 0) is 13.9 Å². The van der Waals surface area contributed by atoms with Gasteiger partial charge in [-0.15, -0.1) is 5.06 Å². The molecule has 1 heterocycles. The predicted octanol–water partition coefficient (Wildman–Crippen LogP) is 4.29. The van der Waals surface area contributed by atoms with Crippen molar-refractivity contribution in [1.29, 1.82) is 5.26 Å². The van der Waals surface area contributed by atoms with Crippen LogP contribution < -0.4 is 0 Å². The fraction of sp³-hybridized carbons (Fsp3) is 0.571. The van der Waals surface area contributed by atoms with E-state index in [4.69, 9.17) is 19.1 Å². The van der Waals surface area contributed by atoms with Crippen LogP contribution in [0.4, 0.5) is 0 Å². The van der Waals surface area contributed by atoms with Gasteiger partial charge in [0.15, 0.2) is 0 Å². The molecule has 9 heteroatoms. The molecule has 2 amide bonds. The minimum Gasteiger partial charge on any atom is -0.321 e. The molecule has 0 bridgehead atoms. The Morgan fingerprint density at radius 3 is 2.13 bits per heavy atom. The van der Waals surface area contributed by atoms with Crippen LogP contribution in [0.1, 0.15) is 68.2 Å². The first-order valence-electron chi connectivity index (χ1n) is 10.2. The number of nitriles is 1. The van der Waals surface area contributed by atoms with E-state index in [9.17, 15) is 9.59 Å². The van der Waals surface area contributed by atoms with Crippen LogP contribution in [-0.4, -0.2) is 52.9 Å². The third-order valence-electron chi connectivity index (χ3n) is 4.50. The number of fused-ring (bicyclic) bond motifs is 1. The molecule has 0 saturated carbocycles. The SMILES string of the molecule is CCC(CON1C(=O)c2ccccc2C1=O)OP(OCCC#N)N(C(C)C)C(C)C. The lowest BCUT2D eigenvalue weighted by atomic mass is 10.1. The molecule has 1 aromatic rings. The molecular formula is C21H30N3O5P. The van der Waals surface area contributed by atoms with Crippen molar-refractivity contribution in [1.82, 2.24) is 9.73 Å². The summed E-state index contributed by atoms with van der Waals surface area (Å²) in [5.74, 6) is -0.937. The van der Waals surface area contributed by atoms with Gasteiger partial charge in [-0.3, -0.25) is 14.4 Å². The van der Waals surface area contributed by atoms with E-state index in [1.807, 2.05) is 6.92 Å². The molecule has 1 aromatic carbocycles. The van der Waals surface area contributed by atoms with Crippen LogP contribution in [0.2, 0.25) is 0 Å². The Kier molecular flexibility index (Phi) is 9.35. The molecule has 0 saturated heterocycles. The lowest BCUT2D eigenvalue weighted by molar-refractivity contribution is -0.113. The molecule has 8 nitrogen and oxygen atoms in total. The van der Waals surface area contributed by atoms with Gasteiger partial charge in [-0.05, 0) is 46.2 Å². The first kappa shape index (κ1) is 24.4. The Morgan fingerprint density at radius 2 is 1.67 bits per heavy atom. The quantitative estimate of drug-likeness (QED) is 0.275. The minimum absolute atomic E-state index is 0.0342. The van der Waals surface area contributed by atoms with Crippen molar-refractivity contribution in [3.05, 3.63) is 35.4 Å². The molecule has 30 heavy (non-hydrogen) atoms. The van der Waals surface area contributed by atoms with Gasteiger partial charge >= 0.3 is 0 Å². The lowest BCUT2D eigenvalue weighted by Gasteiger charge is -2.37. The summed E-state index contributed by atoms with van der Waals surface area (Å²) in [5.41, 5.74) is 0.675. The molecule has 164 valence electrons. The predicted molar refractivity (Wildman–Crippen MR) is 113 cm³/mol. The summed E-state index contributed by atoms with van der Waals surface area (Å²) in [6, 6.07) is 9.06. The number of rotatable bonds is 12. The number of nitrogens with zero attached hydrogens (tertiary/aromatic N) is 3. The fourth-order valence-electron chi connectivity index (χ4n) is 3.09. The number of hydroxylamine groups is 2. The van der Waals surface area contributed by atoms with Gasteiger partial charge in [-0.1, -0.05) is 19.1 Å². The second kappa shape index (κ2) is 11.5. The molecule has 2 rings (SSSR count). The molecule has 2 unspecified atom stereocenters. The number of carbonyl (C=O) groups excluding carboxylic acids is 2. The van der Waals surface area contributed by atoms with Crippen LogP contribution in [0, 0.1) is 11.3 Å².